The minimum atomic E-state index is -0.553. The van der Waals surface area contributed by atoms with Gasteiger partial charge in [0.1, 0.15) is 5.75 Å². The Morgan fingerprint density at radius 1 is 1.40 bits per heavy atom. The average molecular weight is 343 g/mol. The molecule has 1 amide bonds. The fourth-order valence-corrected chi connectivity index (χ4v) is 2.07. The lowest BCUT2D eigenvalue weighted by atomic mass is 10.1. The predicted octanol–water partition coefficient (Wildman–Crippen LogP) is 3.15. The van der Waals surface area contributed by atoms with Gasteiger partial charge >= 0.3 is 0 Å². The van der Waals surface area contributed by atoms with Crippen LogP contribution in [0.5, 0.6) is 5.75 Å². The zero-order chi connectivity index (χ0) is 15.3. The highest BCUT2D eigenvalue weighted by atomic mass is 79.9. The maximum Gasteiger partial charge on any atom is 0.260 e. The van der Waals surface area contributed by atoms with E-state index in [4.69, 9.17) is 10.5 Å². The predicted molar refractivity (Wildman–Crippen MR) is 84.7 cm³/mol. The zero-order valence-corrected chi connectivity index (χ0v) is 14.0. The highest BCUT2D eigenvalue weighted by molar-refractivity contribution is 9.10. The molecule has 3 atom stereocenters. The highest BCUT2D eigenvalue weighted by Gasteiger charge is 2.18. The molecule has 0 aliphatic rings. The minimum Gasteiger partial charge on any atom is -0.481 e. The van der Waals surface area contributed by atoms with Crippen molar-refractivity contribution in [1.82, 2.24) is 5.32 Å². The van der Waals surface area contributed by atoms with E-state index in [9.17, 15) is 4.79 Å². The summed E-state index contributed by atoms with van der Waals surface area (Å²) in [6.07, 6.45) is 0.338. The van der Waals surface area contributed by atoms with Crippen LogP contribution < -0.4 is 15.8 Å². The molecular weight excluding hydrogens is 320 g/mol. The number of carbonyl (C=O) groups is 1. The van der Waals surface area contributed by atoms with E-state index in [-0.39, 0.29) is 18.0 Å². The van der Waals surface area contributed by atoms with Crippen LogP contribution in [0.4, 0.5) is 0 Å². The number of amides is 1. The summed E-state index contributed by atoms with van der Waals surface area (Å²) in [5, 5.41) is 2.91. The third-order valence-electron chi connectivity index (χ3n) is 3.14. The summed E-state index contributed by atoms with van der Waals surface area (Å²) in [6, 6.07) is 5.61. The number of rotatable bonds is 6. The molecule has 0 aliphatic heterocycles. The summed E-state index contributed by atoms with van der Waals surface area (Å²) >= 11 is 3.41. The van der Waals surface area contributed by atoms with E-state index in [0.29, 0.717) is 5.75 Å². The molecule has 5 heteroatoms. The summed E-state index contributed by atoms with van der Waals surface area (Å²) in [7, 11) is 0. The number of ether oxygens (including phenoxy) is 1. The van der Waals surface area contributed by atoms with Crippen LogP contribution in [0.3, 0.4) is 0 Å². The number of carbonyl (C=O) groups excluding carboxylic acids is 1. The first-order valence-electron chi connectivity index (χ1n) is 6.87. The molecule has 0 bridgehead atoms. The summed E-state index contributed by atoms with van der Waals surface area (Å²) in [5.41, 5.74) is 6.81. The summed E-state index contributed by atoms with van der Waals surface area (Å²) in [4.78, 5) is 12.0. The van der Waals surface area contributed by atoms with Gasteiger partial charge in [0.15, 0.2) is 6.10 Å². The average Bonchev–Trinajstić information content (AvgIpc) is 2.40. The molecule has 0 aromatic heterocycles. The molecule has 0 heterocycles. The van der Waals surface area contributed by atoms with Crippen molar-refractivity contribution in [2.45, 2.75) is 52.3 Å². The van der Waals surface area contributed by atoms with Gasteiger partial charge < -0.3 is 15.8 Å². The van der Waals surface area contributed by atoms with E-state index in [2.05, 4.69) is 21.2 Å². The second-order valence-electron chi connectivity index (χ2n) is 5.05. The van der Waals surface area contributed by atoms with Crippen LogP contribution in [0.25, 0.3) is 0 Å². The Balaban J connectivity index is 2.80. The molecule has 0 spiro atoms. The van der Waals surface area contributed by atoms with Crippen LogP contribution in [0.1, 0.15) is 45.7 Å². The number of benzene rings is 1. The van der Waals surface area contributed by atoms with Crippen molar-refractivity contribution in [3.63, 3.8) is 0 Å². The van der Waals surface area contributed by atoms with E-state index in [1.807, 2.05) is 39.0 Å². The fourth-order valence-electron chi connectivity index (χ4n) is 1.69. The Labute approximate surface area is 129 Å². The number of nitrogens with two attached hydrogens (primary N) is 1. The molecular formula is C15H23BrN2O2. The summed E-state index contributed by atoms with van der Waals surface area (Å²) < 4.78 is 6.69. The maximum absolute atomic E-state index is 12.0. The van der Waals surface area contributed by atoms with E-state index >= 15 is 0 Å². The molecule has 0 radical (unpaired) electrons. The van der Waals surface area contributed by atoms with Crippen LogP contribution in [-0.4, -0.2) is 18.1 Å². The standard InChI is InChI=1S/C15H23BrN2O2/c1-5-9(2)18-15(19)11(4)20-14-7-6-12(16)8-13(14)10(3)17/h6-11H,5,17H2,1-4H3,(H,18,19)/t9?,10-,11?/m0/s1. The van der Waals surface area contributed by atoms with Gasteiger partial charge in [-0.15, -0.1) is 0 Å². The van der Waals surface area contributed by atoms with Crippen LogP contribution in [0.15, 0.2) is 22.7 Å². The minimum absolute atomic E-state index is 0.113. The molecule has 1 rings (SSSR count). The quantitative estimate of drug-likeness (QED) is 0.834. The van der Waals surface area contributed by atoms with Crippen molar-refractivity contribution in [2.75, 3.05) is 0 Å². The third kappa shape index (κ3) is 4.80. The first kappa shape index (κ1) is 17.0. The lowest BCUT2D eigenvalue weighted by Gasteiger charge is -2.20. The first-order valence-corrected chi connectivity index (χ1v) is 7.66. The molecule has 3 N–H and O–H groups in total. The molecule has 0 saturated heterocycles. The molecule has 0 fully saturated rings. The molecule has 20 heavy (non-hydrogen) atoms. The first-order chi connectivity index (χ1) is 9.35. The number of halogens is 1. The van der Waals surface area contributed by atoms with Gasteiger partial charge in [-0.1, -0.05) is 22.9 Å². The van der Waals surface area contributed by atoms with Crippen LogP contribution in [0.2, 0.25) is 0 Å². The second-order valence-corrected chi connectivity index (χ2v) is 5.96. The van der Waals surface area contributed by atoms with Crippen molar-refractivity contribution < 1.29 is 9.53 Å². The SMILES string of the molecule is CCC(C)NC(=O)C(C)Oc1ccc(Br)cc1[C@H](C)N. The van der Waals surface area contributed by atoms with Gasteiger partial charge in [0.05, 0.1) is 0 Å². The smallest absolute Gasteiger partial charge is 0.260 e. The number of nitrogens with one attached hydrogen (secondary N) is 1. The molecule has 0 aliphatic carbocycles. The maximum atomic E-state index is 12.0. The van der Waals surface area contributed by atoms with Gasteiger partial charge in [-0.05, 0) is 45.4 Å². The summed E-state index contributed by atoms with van der Waals surface area (Å²) in [6.45, 7) is 7.63. The Kier molecular flexibility index (Phi) is 6.49. The lowest BCUT2D eigenvalue weighted by molar-refractivity contribution is -0.127. The highest BCUT2D eigenvalue weighted by Crippen LogP contribution is 2.28. The topological polar surface area (TPSA) is 64.3 Å². The van der Waals surface area contributed by atoms with E-state index in [1.54, 1.807) is 6.92 Å². The van der Waals surface area contributed by atoms with Crippen LogP contribution >= 0.6 is 15.9 Å². The van der Waals surface area contributed by atoms with Crippen molar-refractivity contribution in [1.29, 1.82) is 0 Å². The van der Waals surface area contributed by atoms with Crippen molar-refractivity contribution in [3.8, 4) is 5.75 Å². The normalized spacial score (nSPS) is 15.3. The van der Waals surface area contributed by atoms with Crippen LogP contribution in [0, 0.1) is 0 Å². The van der Waals surface area contributed by atoms with E-state index in [0.717, 1.165) is 16.5 Å². The van der Waals surface area contributed by atoms with Crippen molar-refractivity contribution in [2.24, 2.45) is 5.73 Å². The summed E-state index contributed by atoms with van der Waals surface area (Å²) in [5.74, 6) is 0.535. The van der Waals surface area contributed by atoms with Gasteiger partial charge in [0, 0.05) is 22.1 Å². The van der Waals surface area contributed by atoms with Gasteiger partial charge in [0.25, 0.3) is 5.91 Å². The molecule has 4 nitrogen and oxygen atoms in total. The molecule has 1 aromatic carbocycles. The van der Waals surface area contributed by atoms with Gasteiger partial charge in [0.2, 0.25) is 0 Å². The Morgan fingerprint density at radius 2 is 2.05 bits per heavy atom. The van der Waals surface area contributed by atoms with Gasteiger partial charge in [-0.25, -0.2) is 0 Å². The van der Waals surface area contributed by atoms with E-state index in [1.165, 1.54) is 0 Å². The molecule has 112 valence electrons. The monoisotopic (exact) mass is 342 g/mol. The van der Waals surface area contributed by atoms with E-state index < -0.39 is 6.10 Å². The molecule has 1 aromatic rings. The fraction of sp³-hybridized carbons (Fsp3) is 0.533. The number of hydrogen-bond acceptors (Lipinski definition) is 3. The second kappa shape index (κ2) is 7.64. The third-order valence-corrected chi connectivity index (χ3v) is 3.63. The Bertz CT molecular complexity index is 463. The molecule has 0 saturated carbocycles. The van der Waals surface area contributed by atoms with Gasteiger partial charge in [-0.2, -0.15) is 0 Å². The number of hydrogen-bond donors (Lipinski definition) is 2. The Hall–Kier alpha value is -1.07. The lowest BCUT2D eigenvalue weighted by Crippen LogP contribution is -2.41. The van der Waals surface area contributed by atoms with Gasteiger partial charge in [-0.3, -0.25) is 4.79 Å². The Morgan fingerprint density at radius 3 is 2.60 bits per heavy atom. The van der Waals surface area contributed by atoms with Crippen molar-refractivity contribution in [3.05, 3.63) is 28.2 Å². The zero-order valence-electron chi connectivity index (χ0n) is 12.4. The van der Waals surface area contributed by atoms with Crippen LogP contribution in [-0.2, 0) is 4.79 Å². The largest absolute Gasteiger partial charge is 0.481 e. The molecule has 2 unspecified atom stereocenters. The van der Waals surface area contributed by atoms with Crippen molar-refractivity contribution >= 4 is 21.8 Å².